The molecule has 2 aromatic carbocycles. The number of benzene rings is 2. The highest BCUT2D eigenvalue weighted by molar-refractivity contribution is 6.30. The lowest BCUT2D eigenvalue weighted by molar-refractivity contribution is -0.117. The molecule has 2 N–H and O–H groups in total. The third-order valence-electron chi connectivity index (χ3n) is 5.14. The van der Waals surface area contributed by atoms with Gasteiger partial charge in [-0.25, -0.2) is 0 Å². The lowest BCUT2D eigenvalue weighted by Gasteiger charge is -2.15. The molecule has 0 aliphatic carbocycles. The normalized spacial score (nSPS) is 11.4. The summed E-state index contributed by atoms with van der Waals surface area (Å²) in [7, 11) is 3.74. The minimum absolute atomic E-state index is 0.574. The number of rotatable bonds is 14. The topological polar surface area (TPSA) is 71.2 Å². The van der Waals surface area contributed by atoms with Gasteiger partial charge in [0.25, 0.3) is 0 Å². The summed E-state index contributed by atoms with van der Waals surface area (Å²) in [6.07, 6.45) is 8.93. The van der Waals surface area contributed by atoms with Crippen LogP contribution in [0.5, 0.6) is 5.75 Å². The molecule has 0 heterocycles. The molecule has 7 heteroatoms. The first-order valence-electron chi connectivity index (χ1n) is 10.9. The summed E-state index contributed by atoms with van der Waals surface area (Å²) < 4.78 is 5.82. The number of carbonyl (C=O) groups is 1. The first kappa shape index (κ1) is 26.0. The molecule has 0 saturated heterocycles. The number of hydrogen-bond donors (Lipinski definition) is 1. The third-order valence-corrected chi connectivity index (χ3v) is 5.38. The molecule has 0 radical (unpaired) electrons. The summed E-state index contributed by atoms with van der Waals surface area (Å²) in [5, 5.41) is 0.651. The van der Waals surface area contributed by atoms with Crippen LogP contribution in [0.15, 0.2) is 65.9 Å². The van der Waals surface area contributed by atoms with Crippen LogP contribution >= 0.6 is 11.6 Å². The Labute approximate surface area is 202 Å². The van der Waals surface area contributed by atoms with Gasteiger partial charge in [0, 0.05) is 49.3 Å². The summed E-state index contributed by atoms with van der Waals surface area (Å²) in [4.78, 5) is 18.2. The number of likely N-dealkylation sites (N-methyl/N-ethyl adjacent to an activating group) is 1. The maximum Gasteiger partial charge on any atom is 0.209 e. The molecule has 0 aliphatic heterocycles. The van der Waals surface area contributed by atoms with Crippen molar-refractivity contribution in [2.75, 3.05) is 39.5 Å². The smallest absolute Gasteiger partial charge is 0.209 e. The zero-order valence-corrected chi connectivity index (χ0v) is 20.2. The Kier molecular flexibility index (Phi) is 11.0. The van der Waals surface area contributed by atoms with Crippen LogP contribution in [0.1, 0.15) is 24.0 Å². The molecular formula is C26H33ClN4O2. The van der Waals surface area contributed by atoms with Crippen molar-refractivity contribution >= 4 is 36.0 Å². The first-order valence-corrected chi connectivity index (χ1v) is 11.2. The molecule has 0 saturated carbocycles. The van der Waals surface area contributed by atoms with E-state index in [4.69, 9.17) is 22.1 Å². The standard InChI is InChI=1S/C26H33ClN4O2/c1-29-14-16-30(2)17-18-33-24-11-7-21(8-12-24)6-9-22(5-4-15-31(3)20-32)25-19-23(27)10-13-26(25)28/h7-14,16,19-20H,1,4-6,15,17-18,28H2,2-3H3/b16-14-,22-9+. The fourth-order valence-corrected chi connectivity index (χ4v) is 3.40. The van der Waals surface area contributed by atoms with Gasteiger partial charge in [-0.2, -0.15) is 0 Å². The summed E-state index contributed by atoms with van der Waals surface area (Å²) in [5.74, 6) is 0.832. The fourth-order valence-electron chi connectivity index (χ4n) is 3.23. The van der Waals surface area contributed by atoms with E-state index >= 15 is 0 Å². The maximum atomic E-state index is 10.9. The van der Waals surface area contributed by atoms with Crippen LogP contribution < -0.4 is 10.5 Å². The van der Waals surface area contributed by atoms with Gasteiger partial charge >= 0.3 is 0 Å². The average molecular weight is 469 g/mol. The SMILES string of the molecule is C=N/C=C\N(C)CCOc1ccc(C/C=C(\CCCN(C)C=O)c2cc(Cl)ccc2N)cc1. The third kappa shape index (κ3) is 9.41. The Morgan fingerprint density at radius 1 is 1.15 bits per heavy atom. The van der Waals surface area contributed by atoms with Crippen molar-refractivity contribution in [3.8, 4) is 5.75 Å². The van der Waals surface area contributed by atoms with E-state index in [2.05, 4.69) is 29.9 Å². The number of carbonyl (C=O) groups excluding carboxylic acids is 1. The van der Waals surface area contributed by atoms with E-state index in [9.17, 15) is 4.79 Å². The molecule has 0 unspecified atom stereocenters. The molecule has 0 bridgehead atoms. The van der Waals surface area contributed by atoms with E-state index in [1.807, 2.05) is 42.4 Å². The lowest BCUT2D eigenvalue weighted by Crippen LogP contribution is -2.18. The molecule has 0 atom stereocenters. The van der Waals surface area contributed by atoms with Crippen molar-refractivity contribution < 1.29 is 9.53 Å². The van der Waals surface area contributed by atoms with Gasteiger partial charge < -0.3 is 20.3 Å². The number of hydrogen-bond acceptors (Lipinski definition) is 5. The summed E-state index contributed by atoms with van der Waals surface area (Å²) >= 11 is 6.22. The Hall–Kier alpha value is -3.25. The average Bonchev–Trinajstić information content (AvgIpc) is 2.82. The second-order valence-electron chi connectivity index (χ2n) is 7.81. The zero-order valence-electron chi connectivity index (χ0n) is 19.4. The molecule has 2 rings (SSSR count). The molecule has 0 spiro atoms. The fraction of sp³-hybridized carbons (Fsp3) is 0.308. The quantitative estimate of drug-likeness (QED) is 0.243. The predicted molar refractivity (Wildman–Crippen MR) is 139 cm³/mol. The molecule has 176 valence electrons. The van der Waals surface area contributed by atoms with Crippen LogP contribution in [-0.4, -0.2) is 56.7 Å². The Morgan fingerprint density at radius 2 is 1.91 bits per heavy atom. The van der Waals surface area contributed by atoms with E-state index in [0.717, 1.165) is 49.1 Å². The van der Waals surface area contributed by atoms with Crippen molar-refractivity contribution in [2.45, 2.75) is 19.3 Å². The Bertz CT molecular complexity index is 957. The van der Waals surface area contributed by atoms with Crippen molar-refractivity contribution in [2.24, 2.45) is 4.99 Å². The second kappa shape index (κ2) is 14.0. The maximum absolute atomic E-state index is 10.9. The number of aliphatic imine (C=N–C) groups is 1. The van der Waals surface area contributed by atoms with Gasteiger partial charge in [-0.1, -0.05) is 29.8 Å². The summed E-state index contributed by atoms with van der Waals surface area (Å²) in [5.41, 5.74) is 10.2. The highest BCUT2D eigenvalue weighted by atomic mass is 35.5. The van der Waals surface area contributed by atoms with Gasteiger partial charge in [-0.15, -0.1) is 0 Å². The lowest BCUT2D eigenvalue weighted by atomic mass is 9.97. The van der Waals surface area contributed by atoms with Crippen LogP contribution in [0.3, 0.4) is 0 Å². The summed E-state index contributed by atoms with van der Waals surface area (Å²) in [6.45, 7) is 5.43. The highest BCUT2D eigenvalue weighted by Crippen LogP contribution is 2.29. The van der Waals surface area contributed by atoms with E-state index in [1.165, 1.54) is 5.56 Å². The minimum Gasteiger partial charge on any atom is -0.492 e. The molecule has 33 heavy (non-hydrogen) atoms. The van der Waals surface area contributed by atoms with Crippen molar-refractivity contribution in [1.82, 2.24) is 9.80 Å². The number of nitrogen functional groups attached to an aromatic ring is 1. The van der Waals surface area contributed by atoms with E-state index in [-0.39, 0.29) is 0 Å². The molecule has 0 aliphatic rings. The van der Waals surface area contributed by atoms with Crippen LogP contribution in [0.2, 0.25) is 5.02 Å². The van der Waals surface area contributed by atoms with Gasteiger partial charge in [-0.05, 0) is 67.4 Å². The molecule has 2 aromatic rings. The van der Waals surface area contributed by atoms with E-state index < -0.39 is 0 Å². The number of nitrogens with two attached hydrogens (primary N) is 1. The number of ether oxygens (including phenoxy) is 1. The van der Waals surface area contributed by atoms with Gasteiger partial charge in [-0.3, -0.25) is 9.79 Å². The molecule has 6 nitrogen and oxygen atoms in total. The second-order valence-corrected chi connectivity index (χ2v) is 8.24. The van der Waals surface area contributed by atoms with Crippen LogP contribution in [0, 0.1) is 0 Å². The number of halogens is 1. The highest BCUT2D eigenvalue weighted by Gasteiger charge is 2.08. The Morgan fingerprint density at radius 3 is 2.61 bits per heavy atom. The Balaban J connectivity index is 2.02. The minimum atomic E-state index is 0.574. The van der Waals surface area contributed by atoms with Crippen LogP contribution in [0.25, 0.3) is 5.57 Å². The van der Waals surface area contributed by atoms with Crippen molar-refractivity contribution in [3.63, 3.8) is 0 Å². The predicted octanol–water partition coefficient (Wildman–Crippen LogP) is 4.90. The van der Waals surface area contributed by atoms with Crippen molar-refractivity contribution in [1.29, 1.82) is 0 Å². The largest absolute Gasteiger partial charge is 0.492 e. The number of anilines is 1. The van der Waals surface area contributed by atoms with Crippen LogP contribution in [-0.2, 0) is 11.2 Å². The number of amides is 1. The van der Waals surface area contributed by atoms with E-state index in [1.54, 1.807) is 24.2 Å². The van der Waals surface area contributed by atoms with E-state index in [0.29, 0.717) is 23.9 Å². The van der Waals surface area contributed by atoms with Crippen LogP contribution in [0.4, 0.5) is 5.69 Å². The van der Waals surface area contributed by atoms with Crippen molar-refractivity contribution in [3.05, 3.63) is 77.1 Å². The van der Waals surface area contributed by atoms with Gasteiger partial charge in [0.2, 0.25) is 6.41 Å². The molecular weight excluding hydrogens is 436 g/mol. The van der Waals surface area contributed by atoms with Gasteiger partial charge in [0.1, 0.15) is 12.4 Å². The molecule has 0 fully saturated rings. The number of allylic oxidation sites excluding steroid dienone is 2. The summed E-state index contributed by atoms with van der Waals surface area (Å²) in [6, 6.07) is 13.6. The number of nitrogens with zero attached hydrogens (tertiary/aromatic N) is 3. The molecule has 1 amide bonds. The molecule has 0 aromatic heterocycles. The van der Waals surface area contributed by atoms with Gasteiger partial charge in [0.05, 0.1) is 6.54 Å². The first-order chi connectivity index (χ1) is 15.9. The zero-order chi connectivity index (χ0) is 24.1. The van der Waals surface area contributed by atoms with Gasteiger partial charge in [0.15, 0.2) is 0 Å². The monoisotopic (exact) mass is 468 g/mol.